The van der Waals surface area contributed by atoms with E-state index in [4.69, 9.17) is 4.74 Å². The van der Waals surface area contributed by atoms with Crippen LogP contribution in [0.25, 0.3) is 0 Å². The number of hydrogen-bond acceptors (Lipinski definition) is 5. The first-order chi connectivity index (χ1) is 14.3. The van der Waals surface area contributed by atoms with Gasteiger partial charge in [0.05, 0.1) is 30.6 Å². The van der Waals surface area contributed by atoms with Crippen molar-refractivity contribution in [3.05, 3.63) is 30.3 Å². The third kappa shape index (κ3) is 3.09. The number of likely N-dealkylation sites (tertiary alicyclic amines) is 1. The molecule has 4 rings (SSSR count). The van der Waals surface area contributed by atoms with Gasteiger partial charge in [0.15, 0.2) is 0 Å². The van der Waals surface area contributed by atoms with E-state index in [0.717, 1.165) is 0 Å². The second-order valence-electron chi connectivity index (χ2n) is 8.85. The first-order valence-corrected chi connectivity index (χ1v) is 10.6. The minimum Gasteiger partial charge on any atom is -0.394 e. The van der Waals surface area contributed by atoms with Crippen molar-refractivity contribution in [2.45, 2.75) is 63.4 Å². The standard InChI is InChI=1S/C22H29N3O5/c1-12(2)23-20(28)18-22-10-9-15(30-22)16(17(22)21(29)25(18)13(3)11-26)19(27)24-14-7-5-4-6-8-14/h4-8,12-13,15-18,26H,9-11H2,1-3H3,(H,23,28)(H,24,27)/t13-,15-,16+,17+,18?,22?/m1/s1. The summed E-state index contributed by atoms with van der Waals surface area (Å²) >= 11 is 0. The van der Waals surface area contributed by atoms with Crippen molar-refractivity contribution >= 4 is 23.4 Å². The van der Waals surface area contributed by atoms with Crippen LogP contribution >= 0.6 is 0 Å². The van der Waals surface area contributed by atoms with Gasteiger partial charge in [0.1, 0.15) is 11.6 Å². The Hall–Kier alpha value is -2.45. The number of benzene rings is 1. The molecule has 8 nitrogen and oxygen atoms in total. The molecule has 2 bridgehead atoms. The van der Waals surface area contributed by atoms with Crippen LogP contribution in [0.3, 0.4) is 0 Å². The lowest BCUT2D eigenvalue weighted by molar-refractivity contribution is -0.144. The number of carbonyl (C=O) groups excluding carboxylic acids is 3. The number of carbonyl (C=O) groups is 3. The summed E-state index contributed by atoms with van der Waals surface area (Å²) in [5, 5.41) is 15.5. The first-order valence-electron chi connectivity index (χ1n) is 10.6. The SMILES string of the molecule is CC(C)NC(=O)C1N([C@H](C)CO)C(=O)[C@@H]2[C@@H](C(=O)Nc3ccccc3)[C@H]3CCC12O3. The Balaban J connectivity index is 1.69. The molecule has 1 spiro atoms. The van der Waals surface area contributed by atoms with Gasteiger partial charge >= 0.3 is 0 Å². The van der Waals surface area contributed by atoms with Gasteiger partial charge in [-0.1, -0.05) is 18.2 Å². The second-order valence-corrected chi connectivity index (χ2v) is 8.85. The van der Waals surface area contributed by atoms with Gasteiger partial charge in [-0.2, -0.15) is 0 Å². The van der Waals surface area contributed by atoms with Gasteiger partial charge in [-0.15, -0.1) is 0 Å². The molecular formula is C22H29N3O5. The summed E-state index contributed by atoms with van der Waals surface area (Å²) in [6, 6.07) is 7.56. The largest absolute Gasteiger partial charge is 0.394 e. The highest BCUT2D eigenvalue weighted by Crippen LogP contribution is 2.58. The van der Waals surface area contributed by atoms with E-state index >= 15 is 0 Å². The monoisotopic (exact) mass is 415 g/mol. The Morgan fingerprint density at radius 3 is 2.57 bits per heavy atom. The average molecular weight is 415 g/mol. The number of hydrogen-bond donors (Lipinski definition) is 3. The summed E-state index contributed by atoms with van der Waals surface area (Å²) in [7, 11) is 0. The van der Waals surface area contributed by atoms with Gasteiger partial charge in [0.25, 0.3) is 0 Å². The van der Waals surface area contributed by atoms with Crippen molar-refractivity contribution in [2.75, 3.05) is 11.9 Å². The Labute approximate surface area is 176 Å². The molecule has 1 aromatic rings. The maximum absolute atomic E-state index is 13.5. The molecule has 8 heteroatoms. The van der Waals surface area contributed by atoms with Gasteiger partial charge in [-0.25, -0.2) is 0 Å². The van der Waals surface area contributed by atoms with Crippen molar-refractivity contribution in [3.63, 3.8) is 0 Å². The molecule has 3 aliphatic heterocycles. The highest BCUT2D eigenvalue weighted by molar-refractivity contribution is 6.02. The second kappa shape index (κ2) is 7.67. The molecule has 6 atom stereocenters. The Morgan fingerprint density at radius 2 is 1.93 bits per heavy atom. The van der Waals surface area contributed by atoms with Crippen molar-refractivity contribution in [2.24, 2.45) is 11.8 Å². The number of anilines is 1. The fourth-order valence-electron chi connectivity index (χ4n) is 5.36. The number of aliphatic hydroxyl groups is 1. The van der Waals surface area contributed by atoms with Gasteiger partial charge in [0.2, 0.25) is 17.7 Å². The zero-order valence-electron chi connectivity index (χ0n) is 17.5. The van der Waals surface area contributed by atoms with Crippen molar-refractivity contribution in [3.8, 4) is 0 Å². The molecule has 0 radical (unpaired) electrons. The van der Waals surface area contributed by atoms with E-state index in [-0.39, 0.29) is 30.4 Å². The molecule has 3 amide bonds. The molecular weight excluding hydrogens is 386 g/mol. The van der Waals surface area contributed by atoms with Crippen LogP contribution in [0, 0.1) is 11.8 Å². The number of nitrogens with one attached hydrogen (secondary N) is 2. The lowest BCUT2D eigenvalue weighted by Gasteiger charge is -2.35. The van der Waals surface area contributed by atoms with Crippen molar-refractivity contribution in [1.82, 2.24) is 10.2 Å². The van der Waals surface area contributed by atoms with E-state index in [1.807, 2.05) is 32.0 Å². The van der Waals surface area contributed by atoms with Gasteiger partial charge in [-0.05, 0) is 45.7 Å². The van der Waals surface area contributed by atoms with Gasteiger partial charge < -0.3 is 25.4 Å². The molecule has 3 aliphatic rings. The van der Waals surface area contributed by atoms with Crippen LogP contribution < -0.4 is 10.6 Å². The predicted molar refractivity (Wildman–Crippen MR) is 109 cm³/mol. The van der Waals surface area contributed by atoms with E-state index in [1.54, 1.807) is 19.1 Å². The molecule has 3 N–H and O–H groups in total. The molecule has 3 heterocycles. The van der Waals surface area contributed by atoms with Gasteiger partial charge in [-0.3, -0.25) is 14.4 Å². The van der Waals surface area contributed by atoms with E-state index in [0.29, 0.717) is 18.5 Å². The summed E-state index contributed by atoms with van der Waals surface area (Å²) in [5.41, 5.74) is -0.387. The summed E-state index contributed by atoms with van der Waals surface area (Å²) in [4.78, 5) is 41.3. The molecule has 1 aromatic carbocycles. The lowest BCUT2D eigenvalue weighted by Crippen LogP contribution is -2.58. The topological polar surface area (TPSA) is 108 Å². The maximum Gasteiger partial charge on any atom is 0.246 e. The summed E-state index contributed by atoms with van der Waals surface area (Å²) in [5.74, 6) is -2.27. The average Bonchev–Trinajstić information content (AvgIpc) is 3.35. The van der Waals surface area contributed by atoms with Crippen LogP contribution in [-0.4, -0.2) is 64.2 Å². The number of fused-ring (bicyclic) bond motifs is 1. The number of ether oxygens (including phenoxy) is 1. The Bertz CT molecular complexity index is 844. The lowest BCUT2D eigenvalue weighted by atomic mass is 9.70. The van der Waals surface area contributed by atoms with Crippen molar-refractivity contribution < 1.29 is 24.2 Å². The number of amides is 3. The van der Waals surface area contributed by atoms with Gasteiger partial charge in [0, 0.05) is 11.7 Å². The highest BCUT2D eigenvalue weighted by atomic mass is 16.5. The Kier molecular flexibility index (Phi) is 5.32. The molecule has 0 saturated carbocycles. The summed E-state index contributed by atoms with van der Waals surface area (Å²) in [6.07, 6.45) is 0.751. The molecule has 0 aromatic heterocycles. The quantitative estimate of drug-likeness (QED) is 0.640. The van der Waals surface area contributed by atoms with E-state index in [9.17, 15) is 19.5 Å². The molecule has 2 unspecified atom stereocenters. The van der Waals surface area contributed by atoms with Crippen LogP contribution in [0.15, 0.2) is 30.3 Å². The van der Waals surface area contributed by atoms with Crippen LogP contribution in [0.4, 0.5) is 5.69 Å². The third-order valence-electron chi connectivity index (χ3n) is 6.50. The fraction of sp³-hybridized carbons (Fsp3) is 0.591. The van der Waals surface area contributed by atoms with Crippen LogP contribution in [-0.2, 0) is 19.1 Å². The summed E-state index contributed by atoms with van der Waals surface area (Å²) < 4.78 is 6.30. The van der Waals surface area contributed by atoms with E-state index in [1.165, 1.54) is 4.90 Å². The van der Waals surface area contributed by atoms with Crippen LogP contribution in [0.5, 0.6) is 0 Å². The normalized spacial score (nSPS) is 33.0. The van der Waals surface area contributed by atoms with E-state index in [2.05, 4.69) is 10.6 Å². The number of nitrogens with zero attached hydrogens (tertiary/aromatic N) is 1. The maximum atomic E-state index is 13.5. The first kappa shape index (κ1) is 20.8. The molecule has 0 aliphatic carbocycles. The van der Waals surface area contributed by atoms with E-state index < -0.39 is 35.6 Å². The third-order valence-corrected chi connectivity index (χ3v) is 6.50. The minimum absolute atomic E-state index is 0.106. The predicted octanol–water partition coefficient (Wildman–Crippen LogP) is 0.905. The number of aliphatic hydroxyl groups excluding tert-OH is 1. The molecule has 162 valence electrons. The Morgan fingerprint density at radius 1 is 1.23 bits per heavy atom. The van der Waals surface area contributed by atoms with Crippen LogP contribution in [0.2, 0.25) is 0 Å². The smallest absolute Gasteiger partial charge is 0.246 e. The molecule has 3 fully saturated rings. The highest BCUT2D eigenvalue weighted by Gasteiger charge is 2.74. The zero-order valence-corrected chi connectivity index (χ0v) is 17.5. The molecule has 30 heavy (non-hydrogen) atoms. The van der Waals surface area contributed by atoms with Crippen molar-refractivity contribution in [1.29, 1.82) is 0 Å². The fourth-order valence-corrected chi connectivity index (χ4v) is 5.36. The summed E-state index contributed by atoms with van der Waals surface area (Å²) in [6.45, 7) is 5.14. The zero-order chi connectivity index (χ0) is 21.6. The minimum atomic E-state index is -1.04. The number of para-hydroxylation sites is 1. The number of rotatable bonds is 6. The molecule has 3 saturated heterocycles. The van der Waals surface area contributed by atoms with Crippen LogP contribution in [0.1, 0.15) is 33.6 Å².